The van der Waals surface area contributed by atoms with Gasteiger partial charge in [-0.2, -0.15) is 4.98 Å². The fourth-order valence-electron chi connectivity index (χ4n) is 2.34. The van der Waals surface area contributed by atoms with Gasteiger partial charge in [-0.25, -0.2) is 14.8 Å². The molecular formula is C18H21N7O. The van der Waals surface area contributed by atoms with Crippen molar-refractivity contribution in [1.82, 2.24) is 25.3 Å². The van der Waals surface area contributed by atoms with Crippen molar-refractivity contribution in [2.75, 3.05) is 10.6 Å². The molecule has 8 heteroatoms. The van der Waals surface area contributed by atoms with Crippen LogP contribution in [0.1, 0.15) is 26.3 Å². The number of hydrogen-bond donors (Lipinski definition) is 3. The average molecular weight is 351 g/mol. The first kappa shape index (κ1) is 17.5. The molecule has 0 aliphatic rings. The van der Waals surface area contributed by atoms with Gasteiger partial charge in [0.2, 0.25) is 5.95 Å². The molecule has 26 heavy (non-hydrogen) atoms. The molecule has 0 radical (unpaired) electrons. The van der Waals surface area contributed by atoms with Crippen molar-refractivity contribution < 1.29 is 4.79 Å². The van der Waals surface area contributed by atoms with Crippen molar-refractivity contribution in [3.63, 3.8) is 0 Å². The molecule has 3 N–H and O–H groups in total. The van der Waals surface area contributed by atoms with Gasteiger partial charge in [0.05, 0.1) is 0 Å². The first-order valence-electron chi connectivity index (χ1n) is 8.21. The molecule has 0 saturated carbocycles. The Morgan fingerprint density at radius 2 is 1.85 bits per heavy atom. The van der Waals surface area contributed by atoms with Gasteiger partial charge in [0, 0.05) is 35.2 Å². The maximum absolute atomic E-state index is 12.1. The lowest BCUT2D eigenvalue weighted by Gasteiger charge is -2.20. The Balaban J connectivity index is 1.87. The average Bonchev–Trinajstić information content (AvgIpc) is 2.53. The van der Waals surface area contributed by atoms with E-state index in [1.54, 1.807) is 24.7 Å². The van der Waals surface area contributed by atoms with Crippen LogP contribution in [0.2, 0.25) is 0 Å². The molecule has 3 rings (SSSR count). The number of urea groups is 1. The highest BCUT2D eigenvalue weighted by atomic mass is 16.2. The number of carbonyl (C=O) groups excluding carboxylic acids is 1. The summed E-state index contributed by atoms with van der Waals surface area (Å²) in [6.45, 7) is 7.66. The zero-order valence-corrected chi connectivity index (χ0v) is 15.2. The van der Waals surface area contributed by atoms with Crippen LogP contribution in [0.5, 0.6) is 0 Å². The van der Waals surface area contributed by atoms with Gasteiger partial charge >= 0.3 is 6.03 Å². The van der Waals surface area contributed by atoms with E-state index in [9.17, 15) is 4.79 Å². The molecule has 3 heterocycles. The number of carbonyl (C=O) groups is 1. The van der Waals surface area contributed by atoms with Crippen LogP contribution in [0.3, 0.4) is 0 Å². The van der Waals surface area contributed by atoms with Crippen LogP contribution in [0.25, 0.3) is 11.0 Å². The summed E-state index contributed by atoms with van der Waals surface area (Å²) in [5.74, 6) is 0.859. The van der Waals surface area contributed by atoms with Crippen molar-refractivity contribution >= 4 is 34.5 Å². The monoisotopic (exact) mass is 351 g/mol. The van der Waals surface area contributed by atoms with E-state index >= 15 is 0 Å². The lowest BCUT2D eigenvalue weighted by Crippen LogP contribution is -2.43. The quantitative estimate of drug-likeness (QED) is 0.668. The molecule has 0 unspecified atom stereocenters. The number of nitrogens with one attached hydrogen (secondary N) is 3. The largest absolute Gasteiger partial charge is 0.333 e. The fraction of sp³-hybridized carbons (Fsp3) is 0.278. The van der Waals surface area contributed by atoms with Gasteiger partial charge in [-0.3, -0.25) is 10.3 Å². The molecule has 0 aliphatic carbocycles. The molecule has 0 bridgehead atoms. The van der Waals surface area contributed by atoms with Crippen LogP contribution < -0.4 is 16.0 Å². The van der Waals surface area contributed by atoms with Crippen molar-refractivity contribution in [1.29, 1.82) is 0 Å². The lowest BCUT2D eigenvalue weighted by atomic mass is 10.1. The van der Waals surface area contributed by atoms with Crippen LogP contribution in [0.4, 0.5) is 22.2 Å². The third kappa shape index (κ3) is 4.41. The van der Waals surface area contributed by atoms with Gasteiger partial charge in [0.25, 0.3) is 0 Å². The summed E-state index contributed by atoms with van der Waals surface area (Å²) in [6, 6.07) is 5.12. The minimum absolute atomic E-state index is 0.312. The molecule has 134 valence electrons. The number of fused-ring (bicyclic) bond motifs is 1. The van der Waals surface area contributed by atoms with E-state index in [2.05, 4.69) is 35.9 Å². The maximum Gasteiger partial charge on any atom is 0.320 e. The molecule has 2 amide bonds. The Kier molecular flexibility index (Phi) is 4.66. The number of aryl methyl sites for hydroxylation is 1. The lowest BCUT2D eigenvalue weighted by molar-refractivity contribution is 0.243. The number of hydrogen-bond acceptors (Lipinski definition) is 6. The van der Waals surface area contributed by atoms with Gasteiger partial charge in [-0.05, 0) is 51.5 Å². The number of rotatable bonds is 3. The molecule has 3 aromatic heterocycles. The summed E-state index contributed by atoms with van der Waals surface area (Å²) in [5, 5.41) is 9.52. The van der Waals surface area contributed by atoms with Crippen LogP contribution in [-0.2, 0) is 0 Å². The maximum atomic E-state index is 12.1. The molecule has 0 atom stereocenters. The molecule has 3 aromatic rings. The number of nitrogens with zero attached hydrogens (tertiary/aromatic N) is 4. The molecular weight excluding hydrogens is 330 g/mol. The molecule has 0 aromatic carbocycles. The van der Waals surface area contributed by atoms with Crippen molar-refractivity contribution in [3.05, 3.63) is 42.4 Å². The zero-order chi connectivity index (χ0) is 18.7. The predicted molar refractivity (Wildman–Crippen MR) is 101 cm³/mol. The van der Waals surface area contributed by atoms with Gasteiger partial charge in [0.1, 0.15) is 5.82 Å². The Labute approximate surface area is 151 Å². The minimum atomic E-state index is -0.334. The van der Waals surface area contributed by atoms with Crippen molar-refractivity contribution in [2.24, 2.45) is 0 Å². The van der Waals surface area contributed by atoms with Crippen LogP contribution in [-0.4, -0.2) is 31.5 Å². The predicted octanol–water partition coefficient (Wildman–Crippen LogP) is 3.39. The Morgan fingerprint density at radius 1 is 1.12 bits per heavy atom. The molecule has 0 spiro atoms. The molecule has 0 aliphatic heterocycles. The van der Waals surface area contributed by atoms with E-state index in [1.165, 1.54) is 0 Å². The number of amides is 2. The van der Waals surface area contributed by atoms with Gasteiger partial charge in [-0.15, -0.1) is 0 Å². The smallest absolute Gasteiger partial charge is 0.320 e. The summed E-state index contributed by atoms with van der Waals surface area (Å²) in [6.07, 6.45) is 5.08. The van der Waals surface area contributed by atoms with Gasteiger partial charge in [0.15, 0.2) is 5.65 Å². The van der Waals surface area contributed by atoms with Gasteiger partial charge < -0.3 is 10.6 Å². The molecule has 0 fully saturated rings. The van der Waals surface area contributed by atoms with Gasteiger partial charge in [-0.1, -0.05) is 0 Å². The normalized spacial score (nSPS) is 11.2. The summed E-state index contributed by atoms with van der Waals surface area (Å²) in [4.78, 5) is 29.2. The highest BCUT2D eigenvalue weighted by Gasteiger charge is 2.15. The first-order valence-corrected chi connectivity index (χ1v) is 8.21. The first-order chi connectivity index (χ1) is 12.3. The highest BCUT2D eigenvalue weighted by Crippen LogP contribution is 2.20. The van der Waals surface area contributed by atoms with Crippen LogP contribution >= 0.6 is 0 Å². The minimum Gasteiger partial charge on any atom is -0.333 e. The summed E-state index contributed by atoms with van der Waals surface area (Å²) in [7, 11) is 0. The van der Waals surface area contributed by atoms with E-state index in [0.29, 0.717) is 17.4 Å². The summed E-state index contributed by atoms with van der Waals surface area (Å²) < 4.78 is 0. The van der Waals surface area contributed by atoms with Crippen molar-refractivity contribution in [3.8, 4) is 0 Å². The van der Waals surface area contributed by atoms with Crippen LogP contribution in [0.15, 0.2) is 36.8 Å². The second kappa shape index (κ2) is 6.91. The van der Waals surface area contributed by atoms with Crippen LogP contribution in [0, 0.1) is 6.92 Å². The third-order valence-corrected chi connectivity index (χ3v) is 3.44. The Hall–Kier alpha value is -3.29. The standard InChI is InChI=1S/C18H21N7O/c1-11-9-14(23-17(26)25-18(2,3)4)22-15-13(11)10-20-16(24-15)21-12-5-7-19-8-6-12/h5-10H,1-4H3,(H3,19,20,21,22,23,24,25,26). The second-order valence-electron chi connectivity index (χ2n) is 6.95. The Bertz CT molecular complexity index is 935. The van der Waals surface area contributed by atoms with E-state index in [-0.39, 0.29) is 11.6 Å². The van der Waals surface area contributed by atoms with E-state index in [1.807, 2.05) is 39.8 Å². The second-order valence-corrected chi connectivity index (χ2v) is 6.95. The third-order valence-electron chi connectivity index (χ3n) is 3.44. The zero-order valence-electron chi connectivity index (χ0n) is 15.2. The molecule has 0 saturated heterocycles. The van der Waals surface area contributed by atoms with E-state index in [4.69, 9.17) is 0 Å². The summed E-state index contributed by atoms with van der Waals surface area (Å²) in [5.41, 5.74) is 1.92. The number of anilines is 3. The topological polar surface area (TPSA) is 105 Å². The number of aromatic nitrogens is 4. The van der Waals surface area contributed by atoms with E-state index in [0.717, 1.165) is 16.6 Å². The van der Waals surface area contributed by atoms with Crippen molar-refractivity contribution in [2.45, 2.75) is 33.2 Å². The molecule has 8 nitrogen and oxygen atoms in total. The number of pyridine rings is 2. The highest BCUT2D eigenvalue weighted by molar-refractivity contribution is 5.91. The summed E-state index contributed by atoms with van der Waals surface area (Å²) >= 11 is 0. The fourth-order valence-corrected chi connectivity index (χ4v) is 2.34. The Morgan fingerprint density at radius 3 is 2.54 bits per heavy atom. The van der Waals surface area contributed by atoms with E-state index < -0.39 is 0 Å². The SMILES string of the molecule is Cc1cc(NC(=O)NC(C)(C)C)nc2nc(Nc3ccncc3)ncc12.